The molecule has 4 nitrogen and oxygen atoms in total. The van der Waals surface area contributed by atoms with Crippen molar-refractivity contribution < 1.29 is 13.7 Å². The minimum absolute atomic E-state index is 0.245. The van der Waals surface area contributed by atoms with Crippen LogP contribution < -0.4 is 0 Å². The van der Waals surface area contributed by atoms with Gasteiger partial charge in [-0.25, -0.2) is 4.21 Å². The van der Waals surface area contributed by atoms with Crippen LogP contribution in [0.4, 0.5) is 0 Å². The van der Waals surface area contributed by atoms with Crippen LogP contribution in [0, 0.1) is 0 Å². The summed E-state index contributed by atoms with van der Waals surface area (Å²) in [5.74, 6) is -0.654. The van der Waals surface area contributed by atoms with Crippen LogP contribution in [0.5, 0.6) is 0 Å². The Hall–Kier alpha value is -0.520. The van der Waals surface area contributed by atoms with Crippen molar-refractivity contribution in [2.45, 2.75) is 57.4 Å². The van der Waals surface area contributed by atoms with Crippen molar-refractivity contribution in [1.82, 2.24) is 0 Å². The van der Waals surface area contributed by atoms with Crippen molar-refractivity contribution in [3.8, 4) is 0 Å². The van der Waals surface area contributed by atoms with Crippen LogP contribution in [-0.2, 0) is 20.5 Å². The van der Waals surface area contributed by atoms with Crippen LogP contribution in [-0.4, -0.2) is 33.2 Å². The second kappa shape index (κ2) is 5.00. The zero-order chi connectivity index (χ0) is 13.3. The van der Waals surface area contributed by atoms with Gasteiger partial charge in [0.25, 0.3) is 0 Å². The largest absolute Gasteiger partial charge is 0.340 e. The predicted octanol–water partition coefficient (Wildman–Crippen LogP) is 2.23. The van der Waals surface area contributed by atoms with Crippen LogP contribution >= 0.6 is 0 Å². The molecular weight excluding hydrogens is 238 g/mol. The van der Waals surface area contributed by atoms with Gasteiger partial charge in [0.15, 0.2) is 5.79 Å². The topological polar surface area (TPSA) is 47.9 Å². The first-order chi connectivity index (χ1) is 7.65. The quantitative estimate of drug-likeness (QED) is 0.577. The number of ether oxygens (including phenoxy) is 2. The third-order valence-corrected chi connectivity index (χ3v) is 3.58. The molecule has 1 fully saturated rings. The van der Waals surface area contributed by atoms with E-state index in [0.717, 1.165) is 0 Å². The molecule has 98 valence electrons. The summed E-state index contributed by atoms with van der Waals surface area (Å²) in [6.45, 7) is 13.0. The van der Waals surface area contributed by atoms with Gasteiger partial charge in [-0.05, 0) is 34.6 Å². The Labute approximate surface area is 106 Å². The van der Waals surface area contributed by atoms with Crippen LogP contribution in [0.15, 0.2) is 17.1 Å². The Bertz CT molecular complexity index is 344. The molecule has 3 atom stereocenters. The van der Waals surface area contributed by atoms with Gasteiger partial charge in [-0.15, -0.1) is 6.58 Å². The van der Waals surface area contributed by atoms with E-state index in [1.54, 1.807) is 12.3 Å². The molecule has 0 saturated carbocycles. The molecule has 0 radical (unpaired) electrons. The molecule has 0 aromatic heterocycles. The summed E-state index contributed by atoms with van der Waals surface area (Å²) < 4.78 is 26.7. The van der Waals surface area contributed by atoms with Gasteiger partial charge in [0.2, 0.25) is 0 Å². The minimum atomic E-state index is -1.28. The van der Waals surface area contributed by atoms with E-state index in [-0.39, 0.29) is 17.0 Å². The van der Waals surface area contributed by atoms with E-state index in [9.17, 15) is 4.21 Å². The van der Waals surface area contributed by atoms with E-state index in [1.807, 2.05) is 34.6 Å². The van der Waals surface area contributed by atoms with Gasteiger partial charge >= 0.3 is 0 Å². The summed E-state index contributed by atoms with van der Waals surface area (Å²) in [5.41, 5.74) is 0. The Morgan fingerprint density at radius 3 is 2.29 bits per heavy atom. The molecule has 1 unspecified atom stereocenters. The van der Waals surface area contributed by atoms with Gasteiger partial charge in [0.05, 0.1) is 4.75 Å². The number of rotatable bonds is 3. The van der Waals surface area contributed by atoms with Crippen molar-refractivity contribution in [3.05, 3.63) is 12.7 Å². The van der Waals surface area contributed by atoms with E-state index in [1.165, 1.54) is 0 Å². The predicted molar refractivity (Wildman–Crippen MR) is 70.4 cm³/mol. The fraction of sp³-hybridized carbons (Fsp3) is 0.750. The molecule has 1 heterocycles. The molecule has 0 spiro atoms. The molecule has 0 aliphatic carbocycles. The highest BCUT2D eigenvalue weighted by Gasteiger charge is 2.39. The number of nitrogens with zero attached hydrogens (tertiary/aromatic N) is 1. The highest BCUT2D eigenvalue weighted by atomic mass is 32.2. The first-order valence-corrected chi connectivity index (χ1v) is 6.71. The maximum Gasteiger partial charge on any atom is 0.164 e. The molecule has 5 heteroatoms. The van der Waals surface area contributed by atoms with Crippen molar-refractivity contribution in [1.29, 1.82) is 0 Å². The standard InChI is InChI=1S/C12H21NO3S/c1-7-9-10(16-12(5,6)15-9)8-13-17(14)11(2,3)4/h7-10H,1H2,2-6H3/b13-8+/t9-,10+,17?/m1/s1. The second-order valence-corrected chi connectivity index (χ2v) is 7.35. The average Bonchev–Trinajstić information content (AvgIpc) is 2.48. The fourth-order valence-corrected chi connectivity index (χ4v) is 1.93. The van der Waals surface area contributed by atoms with Crippen LogP contribution in [0.25, 0.3) is 0 Å². The van der Waals surface area contributed by atoms with Crippen molar-refractivity contribution in [3.63, 3.8) is 0 Å². The van der Waals surface area contributed by atoms with E-state index in [4.69, 9.17) is 9.47 Å². The van der Waals surface area contributed by atoms with E-state index in [2.05, 4.69) is 11.0 Å². The van der Waals surface area contributed by atoms with Gasteiger partial charge in [0.1, 0.15) is 23.2 Å². The van der Waals surface area contributed by atoms with Gasteiger partial charge in [-0.3, -0.25) is 0 Å². The van der Waals surface area contributed by atoms with Crippen LogP contribution in [0.1, 0.15) is 34.6 Å². The van der Waals surface area contributed by atoms with Crippen molar-refractivity contribution in [2.24, 2.45) is 4.40 Å². The summed E-state index contributed by atoms with van der Waals surface area (Å²) in [4.78, 5) is 0. The van der Waals surface area contributed by atoms with Gasteiger partial charge in [-0.1, -0.05) is 6.08 Å². The number of hydrogen-bond donors (Lipinski definition) is 0. The summed E-state index contributed by atoms with van der Waals surface area (Å²) in [7, 11) is -1.28. The summed E-state index contributed by atoms with van der Waals surface area (Å²) >= 11 is 0. The molecule has 1 aliphatic rings. The van der Waals surface area contributed by atoms with Crippen LogP contribution in [0.3, 0.4) is 0 Å². The highest BCUT2D eigenvalue weighted by Crippen LogP contribution is 2.28. The van der Waals surface area contributed by atoms with Crippen molar-refractivity contribution in [2.75, 3.05) is 0 Å². The smallest absolute Gasteiger partial charge is 0.164 e. The Morgan fingerprint density at radius 2 is 1.82 bits per heavy atom. The summed E-state index contributed by atoms with van der Waals surface area (Å²) in [6, 6.07) is 0. The molecule has 0 bridgehead atoms. The molecule has 0 amide bonds. The third kappa shape index (κ3) is 4.01. The molecule has 1 saturated heterocycles. The molecule has 0 aromatic carbocycles. The molecule has 0 aromatic rings. The normalized spacial score (nSPS) is 30.6. The lowest BCUT2D eigenvalue weighted by Gasteiger charge is -2.16. The zero-order valence-corrected chi connectivity index (χ0v) is 11.9. The maximum atomic E-state index is 11.8. The van der Waals surface area contributed by atoms with Crippen LogP contribution in [0.2, 0.25) is 0 Å². The second-order valence-electron chi connectivity index (χ2n) is 5.42. The summed E-state index contributed by atoms with van der Waals surface area (Å²) in [5, 5.41) is 0. The lowest BCUT2D eigenvalue weighted by atomic mass is 10.2. The fourth-order valence-electron chi connectivity index (χ4n) is 1.39. The average molecular weight is 259 g/mol. The zero-order valence-electron chi connectivity index (χ0n) is 11.1. The minimum Gasteiger partial charge on any atom is -0.340 e. The molecular formula is C12H21NO3S. The van der Waals surface area contributed by atoms with Gasteiger partial charge in [-0.2, -0.15) is 4.40 Å². The Kier molecular flexibility index (Phi) is 4.28. The third-order valence-electron chi connectivity index (χ3n) is 2.22. The SMILES string of the molecule is C=C[C@H]1OC(C)(C)O[C@H]1/C=N/S(=O)C(C)(C)C. The molecule has 0 N–H and O–H groups in total. The molecule has 1 rings (SSSR count). The van der Waals surface area contributed by atoms with E-state index in [0.29, 0.717) is 0 Å². The van der Waals surface area contributed by atoms with E-state index >= 15 is 0 Å². The van der Waals surface area contributed by atoms with E-state index < -0.39 is 16.8 Å². The number of hydrogen-bond acceptors (Lipinski definition) is 3. The van der Waals surface area contributed by atoms with Crippen molar-refractivity contribution >= 4 is 17.2 Å². The Balaban J connectivity index is 2.72. The lowest BCUT2D eigenvalue weighted by molar-refractivity contribution is -0.137. The lowest BCUT2D eigenvalue weighted by Crippen LogP contribution is -2.25. The summed E-state index contributed by atoms with van der Waals surface area (Å²) in [6.07, 6.45) is 2.66. The van der Waals surface area contributed by atoms with Gasteiger partial charge in [0, 0.05) is 6.21 Å². The monoisotopic (exact) mass is 259 g/mol. The Morgan fingerprint density at radius 1 is 1.29 bits per heavy atom. The molecule has 17 heavy (non-hydrogen) atoms. The molecule has 1 aliphatic heterocycles. The highest BCUT2D eigenvalue weighted by molar-refractivity contribution is 7.85. The maximum absolute atomic E-state index is 11.8. The first kappa shape index (κ1) is 14.5. The first-order valence-electron chi connectivity index (χ1n) is 5.60. The van der Waals surface area contributed by atoms with Gasteiger partial charge < -0.3 is 9.47 Å².